The van der Waals surface area contributed by atoms with Crippen LogP contribution >= 0.6 is 12.2 Å². The maximum Gasteiger partial charge on any atom is 0.230 e. The monoisotopic (exact) mass is 356 g/mol. The van der Waals surface area contributed by atoms with Gasteiger partial charge < -0.3 is 15.4 Å². The minimum atomic E-state index is -0.140. The highest BCUT2D eigenvalue weighted by Crippen LogP contribution is 2.19. The summed E-state index contributed by atoms with van der Waals surface area (Å²) in [5, 5.41) is 6.02. The van der Waals surface area contributed by atoms with Crippen LogP contribution in [-0.2, 0) is 11.2 Å². The Labute approximate surface area is 154 Å². The Bertz CT molecular complexity index is 746. The van der Waals surface area contributed by atoms with Crippen LogP contribution in [0.2, 0.25) is 0 Å². The van der Waals surface area contributed by atoms with E-state index in [4.69, 9.17) is 17.0 Å². The van der Waals surface area contributed by atoms with Gasteiger partial charge >= 0.3 is 0 Å². The SMILES string of the molecule is CCC(C)Oc1cccc(NC(=S)NC(=O)Cc2ccccc2C)c1. The van der Waals surface area contributed by atoms with E-state index < -0.39 is 0 Å². The lowest BCUT2D eigenvalue weighted by Gasteiger charge is -2.14. The summed E-state index contributed by atoms with van der Waals surface area (Å²) in [7, 11) is 0. The molecule has 0 heterocycles. The maximum absolute atomic E-state index is 12.2. The summed E-state index contributed by atoms with van der Waals surface area (Å²) in [4.78, 5) is 12.2. The number of carbonyl (C=O) groups is 1. The Kier molecular flexibility index (Phi) is 6.95. The molecular weight excluding hydrogens is 332 g/mol. The van der Waals surface area contributed by atoms with Gasteiger partial charge in [-0.05, 0) is 55.7 Å². The number of rotatable bonds is 6. The lowest BCUT2D eigenvalue weighted by molar-refractivity contribution is -0.119. The molecule has 25 heavy (non-hydrogen) atoms. The Morgan fingerprint density at radius 3 is 2.68 bits per heavy atom. The molecule has 0 fully saturated rings. The van der Waals surface area contributed by atoms with Crippen molar-refractivity contribution in [2.75, 3.05) is 5.32 Å². The van der Waals surface area contributed by atoms with E-state index >= 15 is 0 Å². The highest BCUT2D eigenvalue weighted by atomic mass is 32.1. The molecule has 5 heteroatoms. The molecule has 0 aliphatic rings. The number of ether oxygens (including phenoxy) is 1. The lowest BCUT2D eigenvalue weighted by Crippen LogP contribution is -2.35. The van der Waals surface area contributed by atoms with Gasteiger partial charge in [0.2, 0.25) is 5.91 Å². The van der Waals surface area contributed by atoms with Crippen LogP contribution in [-0.4, -0.2) is 17.1 Å². The number of carbonyl (C=O) groups excluding carboxylic acids is 1. The fourth-order valence-corrected chi connectivity index (χ4v) is 2.51. The summed E-state index contributed by atoms with van der Waals surface area (Å²) in [5.74, 6) is 0.632. The van der Waals surface area contributed by atoms with Crippen LogP contribution in [0.4, 0.5) is 5.69 Å². The number of amides is 1. The average molecular weight is 356 g/mol. The van der Waals surface area contributed by atoms with E-state index in [-0.39, 0.29) is 17.1 Å². The standard InChI is InChI=1S/C20H24N2O2S/c1-4-15(3)24-18-11-7-10-17(13-18)21-20(25)22-19(23)12-16-9-6-5-8-14(16)2/h5-11,13,15H,4,12H2,1-3H3,(H2,21,22,23,25). The first-order chi connectivity index (χ1) is 12.0. The average Bonchev–Trinajstić information content (AvgIpc) is 2.57. The van der Waals surface area contributed by atoms with Gasteiger partial charge in [0.1, 0.15) is 5.75 Å². The smallest absolute Gasteiger partial charge is 0.230 e. The highest BCUT2D eigenvalue weighted by molar-refractivity contribution is 7.80. The zero-order valence-corrected chi connectivity index (χ0v) is 15.7. The molecule has 0 saturated carbocycles. The van der Waals surface area contributed by atoms with Gasteiger partial charge in [0.05, 0.1) is 12.5 Å². The van der Waals surface area contributed by atoms with E-state index in [1.54, 1.807) is 0 Å². The van der Waals surface area contributed by atoms with Crippen molar-refractivity contribution in [3.8, 4) is 5.75 Å². The first kappa shape index (κ1) is 18.9. The fraction of sp³-hybridized carbons (Fsp3) is 0.300. The predicted octanol–water partition coefficient (Wildman–Crippen LogP) is 4.23. The molecule has 0 aliphatic carbocycles. The normalized spacial score (nSPS) is 11.5. The Morgan fingerprint density at radius 2 is 1.96 bits per heavy atom. The fourth-order valence-electron chi connectivity index (χ4n) is 2.28. The van der Waals surface area contributed by atoms with Crippen molar-refractivity contribution in [1.29, 1.82) is 0 Å². The molecule has 2 aromatic rings. The molecule has 0 aliphatic heterocycles. The zero-order valence-electron chi connectivity index (χ0n) is 14.8. The van der Waals surface area contributed by atoms with Gasteiger partial charge in [-0.15, -0.1) is 0 Å². The molecule has 0 saturated heterocycles. The van der Waals surface area contributed by atoms with E-state index in [1.807, 2.05) is 62.4 Å². The van der Waals surface area contributed by atoms with Crippen molar-refractivity contribution in [3.63, 3.8) is 0 Å². The van der Waals surface area contributed by atoms with Gasteiger partial charge in [-0.2, -0.15) is 0 Å². The summed E-state index contributed by atoms with van der Waals surface area (Å²) in [5.41, 5.74) is 2.86. The topological polar surface area (TPSA) is 50.4 Å². The molecule has 2 aromatic carbocycles. The van der Waals surface area contributed by atoms with Crippen LogP contribution in [0.1, 0.15) is 31.4 Å². The van der Waals surface area contributed by atoms with Crippen molar-refractivity contribution in [2.45, 2.75) is 39.7 Å². The Balaban J connectivity index is 1.90. The van der Waals surface area contributed by atoms with Crippen LogP contribution in [0, 0.1) is 6.92 Å². The third kappa shape index (κ3) is 6.19. The number of hydrogen-bond acceptors (Lipinski definition) is 3. The van der Waals surface area contributed by atoms with Crippen molar-refractivity contribution < 1.29 is 9.53 Å². The predicted molar refractivity (Wildman–Crippen MR) is 106 cm³/mol. The molecule has 2 N–H and O–H groups in total. The van der Waals surface area contributed by atoms with Gasteiger partial charge in [0.15, 0.2) is 5.11 Å². The third-order valence-corrected chi connectivity index (χ3v) is 4.07. The minimum Gasteiger partial charge on any atom is -0.491 e. The first-order valence-electron chi connectivity index (χ1n) is 8.40. The van der Waals surface area contributed by atoms with E-state index in [9.17, 15) is 4.79 Å². The maximum atomic E-state index is 12.2. The van der Waals surface area contributed by atoms with Crippen molar-refractivity contribution in [3.05, 3.63) is 59.7 Å². The molecule has 132 valence electrons. The molecule has 1 unspecified atom stereocenters. The quantitative estimate of drug-likeness (QED) is 0.761. The number of hydrogen-bond donors (Lipinski definition) is 2. The summed E-state index contributed by atoms with van der Waals surface area (Å²) < 4.78 is 5.79. The summed E-state index contributed by atoms with van der Waals surface area (Å²) in [6, 6.07) is 15.3. The lowest BCUT2D eigenvalue weighted by atomic mass is 10.1. The molecule has 1 atom stereocenters. The number of nitrogens with one attached hydrogen (secondary N) is 2. The summed E-state index contributed by atoms with van der Waals surface area (Å²) in [6.07, 6.45) is 1.38. The van der Waals surface area contributed by atoms with Crippen molar-refractivity contribution in [2.24, 2.45) is 0 Å². The van der Waals surface area contributed by atoms with Gasteiger partial charge in [-0.3, -0.25) is 4.79 Å². The van der Waals surface area contributed by atoms with Gasteiger partial charge in [-0.25, -0.2) is 0 Å². The number of thiocarbonyl (C=S) groups is 1. The highest BCUT2D eigenvalue weighted by Gasteiger charge is 2.08. The van der Waals surface area contributed by atoms with Crippen LogP contribution in [0.5, 0.6) is 5.75 Å². The molecule has 2 rings (SSSR count). The molecular formula is C20H24N2O2S. The molecule has 0 radical (unpaired) electrons. The Morgan fingerprint density at radius 1 is 1.20 bits per heavy atom. The van der Waals surface area contributed by atoms with Crippen LogP contribution in [0.15, 0.2) is 48.5 Å². The second-order valence-electron chi connectivity index (χ2n) is 5.97. The van der Waals surface area contributed by atoms with Crippen LogP contribution in [0.25, 0.3) is 0 Å². The zero-order chi connectivity index (χ0) is 18.2. The minimum absolute atomic E-state index is 0.140. The number of anilines is 1. The third-order valence-electron chi connectivity index (χ3n) is 3.87. The van der Waals surface area contributed by atoms with Crippen molar-refractivity contribution in [1.82, 2.24) is 5.32 Å². The van der Waals surface area contributed by atoms with E-state index in [1.165, 1.54) is 0 Å². The van der Waals surface area contributed by atoms with Crippen LogP contribution < -0.4 is 15.4 Å². The second-order valence-corrected chi connectivity index (χ2v) is 6.38. The van der Waals surface area contributed by atoms with E-state index in [2.05, 4.69) is 17.6 Å². The van der Waals surface area contributed by atoms with Gasteiger partial charge in [0, 0.05) is 11.8 Å². The summed E-state index contributed by atoms with van der Waals surface area (Å²) in [6.45, 7) is 6.09. The molecule has 0 aromatic heterocycles. The molecule has 1 amide bonds. The van der Waals surface area contributed by atoms with E-state index in [0.29, 0.717) is 6.42 Å². The molecule has 0 spiro atoms. The van der Waals surface area contributed by atoms with Crippen LogP contribution in [0.3, 0.4) is 0 Å². The second kappa shape index (κ2) is 9.18. The number of benzene rings is 2. The molecule has 4 nitrogen and oxygen atoms in total. The Hall–Kier alpha value is -2.40. The van der Waals surface area contributed by atoms with Crippen molar-refractivity contribution >= 4 is 28.9 Å². The number of aryl methyl sites for hydroxylation is 1. The summed E-state index contributed by atoms with van der Waals surface area (Å²) >= 11 is 5.23. The first-order valence-corrected chi connectivity index (χ1v) is 8.80. The largest absolute Gasteiger partial charge is 0.491 e. The van der Waals surface area contributed by atoms with Gasteiger partial charge in [-0.1, -0.05) is 37.3 Å². The molecule has 0 bridgehead atoms. The van der Waals surface area contributed by atoms with E-state index in [0.717, 1.165) is 29.0 Å². The van der Waals surface area contributed by atoms with Gasteiger partial charge in [0.25, 0.3) is 0 Å².